The lowest BCUT2D eigenvalue weighted by Crippen LogP contribution is -2.50. The molecule has 1 amide bonds. The molecular formula is C22H30N4O2. The number of furan rings is 1. The first-order valence-corrected chi connectivity index (χ1v) is 10.4. The fourth-order valence-corrected chi connectivity index (χ4v) is 4.44. The van der Waals surface area contributed by atoms with Crippen molar-refractivity contribution in [2.45, 2.75) is 44.8 Å². The molecule has 2 saturated heterocycles. The van der Waals surface area contributed by atoms with Gasteiger partial charge < -0.3 is 9.73 Å². The van der Waals surface area contributed by atoms with Gasteiger partial charge in [0, 0.05) is 31.9 Å². The number of nitrogens with one attached hydrogen (secondary N) is 1. The standard InChI is InChI=1S/C22H30N4O2/c27-22(24-15-19-6-1-2-10-23-19)18-5-3-11-26(16-18)20-8-12-25(13-9-20)17-21-7-4-14-28-21/h1-2,4,6-7,10,14,18,20H,3,5,8-9,11-13,15-17H2,(H,24,27)/t18-/m1/s1. The van der Waals surface area contributed by atoms with E-state index in [0.717, 1.165) is 57.0 Å². The third kappa shape index (κ3) is 5.00. The number of hydrogen-bond donors (Lipinski definition) is 1. The summed E-state index contributed by atoms with van der Waals surface area (Å²) in [6, 6.07) is 10.4. The molecule has 2 aromatic heterocycles. The zero-order valence-corrected chi connectivity index (χ0v) is 16.4. The number of pyridine rings is 1. The van der Waals surface area contributed by atoms with E-state index in [1.165, 1.54) is 12.8 Å². The smallest absolute Gasteiger partial charge is 0.224 e. The van der Waals surface area contributed by atoms with Gasteiger partial charge in [-0.05, 0) is 56.5 Å². The molecule has 0 saturated carbocycles. The molecule has 0 aliphatic carbocycles. The lowest BCUT2D eigenvalue weighted by atomic mass is 9.93. The maximum atomic E-state index is 12.6. The molecule has 0 radical (unpaired) electrons. The first kappa shape index (κ1) is 19.2. The Kier molecular flexibility index (Phi) is 6.39. The van der Waals surface area contributed by atoms with Crippen molar-refractivity contribution in [2.24, 2.45) is 5.92 Å². The Balaban J connectivity index is 1.23. The van der Waals surface area contributed by atoms with E-state index in [9.17, 15) is 4.79 Å². The number of carbonyl (C=O) groups is 1. The molecule has 6 nitrogen and oxygen atoms in total. The molecule has 0 spiro atoms. The van der Waals surface area contributed by atoms with Gasteiger partial charge in [0.15, 0.2) is 0 Å². The fourth-order valence-electron chi connectivity index (χ4n) is 4.44. The Labute approximate surface area is 166 Å². The number of amides is 1. The summed E-state index contributed by atoms with van der Waals surface area (Å²) in [5, 5.41) is 3.08. The molecule has 2 aliphatic rings. The van der Waals surface area contributed by atoms with Gasteiger partial charge in [-0.15, -0.1) is 0 Å². The summed E-state index contributed by atoms with van der Waals surface area (Å²) in [6.07, 6.45) is 7.94. The third-order valence-electron chi connectivity index (χ3n) is 6.03. The van der Waals surface area contributed by atoms with E-state index in [2.05, 4.69) is 20.1 Å². The van der Waals surface area contributed by atoms with Crippen LogP contribution in [0.5, 0.6) is 0 Å². The molecule has 6 heteroatoms. The fraction of sp³-hybridized carbons (Fsp3) is 0.545. The van der Waals surface area contributed by atoms with Gasteiger partial charge in [0.25, 0.3) is 0 Å². The van der Waals surface area contributed by atoms with E-state index < -0.39 is 0 Å². The van der Waals surface area contributed by atoms with E-state index in [1.807, 2.05) is 30.3 Å². The highest BCUT2D eigenvalue weighted by atomic mass is 16.3. The Hall–Kier alpha value is -2.18. The van der Waals surface area contributed by atoms with Gasteiger partial charge in [-0.3, -0.25) is 19.6 Å². The monoisotopic (exact) mass is 382 g/mol. The minimum absolute atomic E-state index is 0.0959. The van der Waals surface area contributed by atoms with Crippen molar-refractivity contribution in [3.8, 4) is 0 Å². The summed E-state index contributed by atoms with van der Waals surface area (Å²) in [6.45, 7) is 5.61. The first-order chi connectivity index (χ1) is 13.8. The van der Waals surface area contributed by atoms with E-state index in [1.54, 1.807) is 12.5 Å². The predicted molar refractivity (Wildman–Crippen MR) is 107 cm³/mol. The Morgan fingerprint density at radius 1 is 1.14 bits per heavy atom. The molecule has 0 unspecified atom stereocenters. The van der Waals surface area contributed by atoms with E-state index in [4.69, 9.17) is 4.42 Å². The maximum absolute atomic E-state index is 12.6. The summed E-state index contributed by atoms with van der Waals surface area (Å²) in [7, 11) is 0. The van der Waals surface area contributed by atoms with Crippen LogP contribution in [-0.4, -0.2) is 52.9 Å². The molecule has 2 aliphatic heterocycles. The number of nitrogens with zero attached hydrogens (tertiary/aromatic N) is 3. The average Bonchev–Trinajstić information content (AvgIpc) is 3.26. The van der Waals surface area contributed by atoms with Crippen molar-refractivity contribution in [1.82, 2.24) is 20.1 Å². The van der Waals surface area contributed by atoms with Crippen LogP contribution >= 0.6 is 0 Å². The molecule has 0 aromatic carbocycles. The second-order valence-corrected chi connectivity index (χ2v) is 7.96. The molecule has 28 heavy (non-hydrogen) atoms. The number of aromatic nitrogens is 1. The van der Waals surface area contributed by atoms with Crippen LogP contribution in [0.1, 0.15) is 37.1 Å². The highest BCUT2D eigenvalue weighted by molar-refractivity contribution is 5.78. The van der Waals surface area contributed by atoms with Crippen molar-refractivity contribution in [3.05, 3.63) is 54.2 Å². The third-order valence-corrected chi connectivity index (χ3v) is 6.03. The van der Waals surface area contributed by atoms with Crippen molar-refractivity contribution in [3.63, 3.8) is 0 Å². The molecule has 0 bridgehead atoms. The lowest BCUT2D eigenvalue weighted by Gasteiger charge is -2.41. The van der Waals surface area contributed by atoms with E-state index >= 15 is 0 Å². The second kappa shape index (κ2) is 9.34. The largest absolute Gasteiger partial charge is 0.468 e. The Bertz CT molecular complexity index is 726. The van der Waals surface area contributed by atoms with Crippen LogP contribution in [0.2, 0.25) is 0 Å². The molecule has 1 N–H and O–H groups in total. The summed E-state index contributed by atoms with van der Waals surface area (Å²) in [5.41, 5.74) is 0.910. The van der Waals surface area contributed by atoms with Crippen LogP contribution in [0.25, 0.3) is 0 Å². The van der Waals surface area contributed by atoms with Crippen molar-refractivity contribution in [1.29, 1.82) is 0 Å². The lowest BCUT2D eigenvalue weighted by molar-refractivity contribution is -0.127. The Morgan fingerprint density at radius 2 is 2.04 bits per heavy atom. The molecule has 2 aromatic rings. The molecule has 150 valence electrons. The van der Waals surface area contributed by atoms with Crippen LogP contribution in [-0.2, 0) is 17.9 Å². The molecule has 4 rings (SSSR count). The molecule has 1 atom stereocenters. The summed E-state index contributed by atoms with van der Waals surface area (Å²) in [5.74, 6) is 1.31. The van der Waals surface area contributed by atoms with E-state index in [0.29, 0.717) is 12.6 Å². The van der Waals surface area contributed by atoms with Crippen LogP contribution in [0.3, 0.4) is 0 Å². The first-order valence-electron chi connectivity index (χ1n) is 10.4. The summed E-state index contributed by atoms with van der Waals surface area (Å²) in [4.78, 5) is 21.9. The highest BCUT2D eigenvalue weighted by Gasteiger charge is 2.31. The van der Waals surface area contributed by atoms with Crippen LogP contribution < -0.4 is 5.32 Å². The number of hydrogen-bond acceptors (Lipinski definition) is 5. The number of likely N-dealkylation sites (tertiary alicyclic amines) is 2. The van der Waals surface area contributed by atoms with Gasteiger partial charge in [-0.1, -0.05) is 6.07 Å². The number of carbonyl (C=O) groups excluding carboxylic acids is 1. The van der Waals surface area contributed by atoms with Gasteiger partial charge in [0.05, 0.1) is 31.0 Å². The van der Waals surface area contributed by atoms with Crippen LogP contribution in [0.15, 0.2) is 47.2 Å². The number of rotatable bonds is 6. The van der Waals surface area contributed by atoms with Crippen molar-refractivity contribution < 1.29 is 9.21 Å². The Morgan fingerprint density at radius 3 is 2.79 bits per heavy atom. The van der Waals surface area contributed by atoms with Gasteiger partial charge in [-0.25, -0.2) is 0 Å². The normalized spacial score (nSPS) is 22.2. The van der Waals surface area contributed by atoms with Gasteiger partial charge in [0.1, 0.15) is 5.76 Å². The zero-order valence-electron chi connectivity index (χ0n) is 16.4. The topological polar surface area (TPSA) is 61.6 Å². The van der Waals surface area contributed by atoms with Crippen molar-refractivity contribution >= 4 is 5.91 Å². The van der Waals surface area contributed by atoms with Gasteiger partial charge >= 0.3 is 0 Å². The minimum atomic E-state index is 0.0959. The van der Waals surface area contributed by atoms with Gasteiger partial charge in [-0.2, -0.15) is 0 Å². The number of piperidine rings is 2. The quantitative estimate of drug-likeness (QED) is 0.832. The predicted octanol–water partition coefficient (Wildman–Crippen LogP) is 2.67. The SMILES string of the molecule is O=C(NCc1ccccn1)[C@@H]1CCCN(C2CCN(Cc3ccco3)CC2)C1. The summed E-state index contributed by atoms with van der Waals surface area (Å²) >= 11 is 0. The average molecular weight is 383 g/mol. The van der Waals surface area contributed by atoms with Crippen LogP contribution in [0.4, 0.5) is 0 Å². The zero-order chi connectivity index (χ0) is 19.2. The molecule has 2 fully saturated rings. The second-order valence-electron chi connectivity index (χ2n) is 7.96. The molecular weight excluding hydrogens is 352 g/mol. The van der Waals surface area contributed by atoms with E-state index in [-0.39, 0.29) is 11.8 Å². The van der Waals surface area contributed by atoms with Crippen LogP contribution in [0, 0.1) is 5.92 Å². The van der Waals surface area contributed by atoms with Crippen molar-refractivity contribution in [2.75, 3.05) is 26.2 Å². The molecule has 4 heterocycles. The maximum Gasteiger partial charge on any atom is 0.224 e. The summed E-state index contributed by atoms with van der Waals surface area (Å²) < 4.78 is 5.47. The van der Waals surface area contributed by atoms with Gasteiger partial charge in [0.2, 0.25) is 5.91 Å². The highest BCUT2D eigenvalue weighted by Crippen LogP contribution is 2.24. The minimum Gasteiger partial charge on any atom is -0.468 e.